The Balaban J connectivity index is 2.15. The summed E-state index contributed by atoms with van der Waals surface area (Å²) in [4.78, 5) is 36.2. The molecule has 0 atom stereocenters. The highest BCUT2D eigenvalue weighted by Gasteiger charge is 2.21. The molecule has 1 aromatic heterocycles. The maximum absolute atomic E-state index is 12.3. The molecule has 2 aromatic carbocycles. The fourth-order valence-corrected chi connectivity index (χ4v) is 4.64. The standard InChI is InChI=1S/C21H18N4O5S2/c1-13-18(14(2)26)32-21(24(13)15-9-5-4-6-10-15)23-22-19(20(27)30-3)31-17-12-8-7-11-16(17)25(28)29/h4-12H,1-3H3. The van der Waals surface area contributed by atoms with E-state index >= 15 is 0 Å². The molecule has 0 unspecified atom stereocenters. The number of Topliss-reactive ketones (excluding diaryl/α,β-unsaturated/α-hetero) is 1. The van der Waals surface area contributed by atoms with Crippen molar-refractivity contribution in [1.29, 1.82) is 0 Å². The van der Waals surface area contributed by atoms with E-state index in [0.717, 1.165) is 28.8 Å². The van der Waals surface area contributed by atoms with Gasteiger partial charge in [0.15, 0.2) is 5.78 Å². The van der Waals surface area contributed by atoms with Crippen LogP contribution in [0.3, 0.4) is 0 Å². The molecule has 0 fully saturated rings. The highest BCUT2D eigenvalue weighted by atomic mass is 32.2. The number of carbonyl (C=O) groups is 2. The number of hydrogen-bond donors (Lipinski definition) is 0. The third kappa shape index (κ3) is 5.01. The van der Waals surface area contributed by atoms with E-state index in [1.165, 1.54) is 32.2 Å². The highest BCUT2D eigenvalue weighted by molar-refractivity contribution is 8.15. The Hall–Kier alpha value is -3.57. The summed E-state index contributed by atoms with van der Waals surface area (Å²) in [6.45, 7) is 3.26. The van der Waals surface area contributed by atoms with Crippen molar-refractivity contribution in [2.45, 2.75) is 18.7 Å². The summed E-state index contributed by atoms with van der Waals surface area (Å²) in [5.74, 6) is -0.909. The minimum atomic E-state index is -0.789. The number of rotatable bonds is 5. The van der Waals surface area contributed by atoms with Gasteiger partial charge in [-0.3, -0.25) is 19.5 Å². The van der Waals surface area contributed by atoms with Crippen LogP contribution < -0.4 is 4.80 Å². The Kier molecular flexibility index (Phi) is 7.33. The number of nitro benzene ring substituents is 1. The molecule has 3 rings (SSSR count). The topological polar surface area (TPSA) is 116 Å². The van der Waals surface area contributed by atoms with E-state index in [1.54, 1.807) is 17.6 Å². The van der Waals surface area contributed by atoms with Crippen LogP contribution in [0.4, 0.5) is 5.69 Å². The molecule has 0 saturated heterocycles. The summed E-state index contributed by atoms with van der Waals surface area (Å²) in [6.07, 6.45) is 0. The summed E-state index contributed by atoms with van der Waals surface area (Å²) in [5, 5.41) is 19.4. The summed E-state index contributed by atoms with van der Waals surface area (Å²) >= 11 is 1.92. The van der Waals surface area contributed by atoms with Crippen molar-refractivity contribution in [1.82, 2.24) is 4.57 Å². The van der Waals surface area contributed by atoms with Gasteiger partial charge < -0.3 is 4.74 Å². The van der Waals surface area contributed by atoms with Crippen LogP contribution in [0.1, 0.15) is 22.3 Å². The number of benzene rings is 2. The van der Waals surface area contributed by atoms with Gasteiger partial charge in [0.05, 0.1) is 21.8 Å². The molecule has 0 radical (unpaired) electrons. The lowest BCUT2D eigenvalue weighted by Gasteiger charge is -2.06. The molecule has 0 bridgehead atoms. The number of para-hydroxylation sites is 2. The Morgan fingerprint density at radius 1 is 1.12 bits per heavy atom. The number of thioether (sulfide) groups is 1. The lowest BCUT2D eigenvalue weighted by molar-refractivity contribution is -0.387. The number of thiazole rings is 1. The van der Waals surface area contributed by atoms with Crippen molar-refractivity contribution < 1.29 is 19.2 Å². The molecular weight excluding hydrogens is 452 g/mol. The van der Waals surface area contributed by atoms with Crippen LogP contribution in [0, 0.1) is 17.0 Å². The normalized spacial score (nSPS) is 12.0. The fraction of sp³-hybridized carbons (Fsp3) is 0.143. The van der Waals surface area contributed by atoms with Crippen molar-refractivity contribution in [2.75, 3.05) is 7.11 Å². The van der Waals surface area contributed by atoms with Crippen LogP contribution in [0.2, 0.25) is 0 Å². The maximum atomic E-state index is 12.3. The average molecular weight is 471 g/mol. The van der Waals surface area contributed by atoms with Crippen LogP contribution in [0.15, 0.2) is 69.7 Å². The number of esters is 1. The van der Waals surface area contributed by atoms with E-state index in [9.17, 15) is 19.7 Å². The Bertz CT molecular complexity index is 1280. The number of ether oxygens (including phenoxy) is 1. The second-order valence-electron chi connectivity index (χ2n) is 6.35. The van der Waals surface area contributed by atoms with Crippen molar-refractivity contribution in [3.05, 3.63) is 80.1 Å². The summed E-state index contributed by atoms with van der Waals surface area (Å²) < 4.78 is 6.54. The first kappa shape index (κ1) is 23.1. The molecule has 32 heavy (non-hydrogen) atoms. The molecule has 0 N–H and O–H groups in total. The van der Waals surface area contributed by atoms with Gasteiger partial charge in [-0.1, -0.05) is 53.4 Å². The van der Waals surface area contributed by atoms with Gasteiger partial charge in [-0.15, -0.1) is 10.2 Å². The molecule has 0 spiro atoms. The van der Waals surface area contributed by atoms with Gasteiger partial charge in [-0.05, 0) is 25.1 Å². The van der Waals surface area contributed by atoms with Crippen molar-refractivity contribution >= 4 is 45.6 Å². The van der Waals surface area contributed by atoms with Gasteiger partial charge in [0.2, 0.25) is 9.85 Å². The first-order chi connectivity index (χ1) is 15.3. The van der Waals surface area contributed by atoms with Gasteiger partial charge in [-0.25, -0.2) is 4.79 Å². The minimum absolute atomic E-state index is 0.120. The lowest BCUT2D eigenvalue weighted by Crippen LogP contribution is -2.16. The van der Waals surface area contributed by atoms with Gasteiger partial charge in [0, 0.05) is 24.4 Å². The van der Waals surface area contributed by atoms with E-state index < -0.39 is 10.9 Å². The second-order valence-corrected chi connectivity index (χ2v) is 8.36. The number of nitro groups is 1. The van der Waals surface area contributed by atoms with E-state index in [1.807, 2.05) is 30.3 Å². The largest absolute Gasteiger partial charge is 0.464 e. The van der Waals surface area contributed by atoms with Gasteiger partial charge in [0.1, 0.15) is 0 Å². The van der Waals surface area contributed by atoms with Crippen molar-refractivity contribution in [2.24, 2.45) is 10.2 Å². The van der Waals surface area contributed by atoms with E-state index in [2.05, 4.69) is 10.2 Å². The quantitative estimate of drug-likeness (QED) is 0.105. The predicted octanol–water partition coefficient (Wildman–Crippen LogP) is 4.14. The Morgan fingerprint density at radius 3 is 2.41 bits per heavy atom. The zero-order valence-electron chi connectivity index (χ0n) is 17.3. The molecule has 0 aliphatic rings. The molecule has 0 saturated carbocycles. The molecule has 0 aliphatic carbocycles. The number of ketones is 1. The number of hydrogen-bond acceptors (Lipinski definition) is 9. The Morgan fingerprint density at radius 2 is 1.78 bits per heavy atom. The third-order valence-electron chi connectivity index (χ3n) is 4.24. The minimum Gasteiger partial charge on any atom is -0.464 e. The predicted molar refractivity (Wildman–Crippen MR) is 122 cm³/mol. The number of nitrogens with zero attached hydrogens (tertiary/aromatic N) is 4. The molecule has 1 heterocycles. The molecule has 11 heteroatoms. The summed E-state index contributed by atoms with van der Waals surface area (Å²) in [6, 6.07) is 15.3. The van der Waals surface area contributed by atoms with Crippen LogP contribution >= 0.6 is 23.1 Å². The van der Waals surface area contributed by atoms with E-state index in [0.29, 0.717) is 15.4 Å². The molecule has 0 amide bonds. The highest BCUT2D eigenvalue weighted by Crippen LogP contribution is 2.30. The first-order valence-electron chi connectivity index (χ1n) is 9.23. The van der Waals surface area contributed by atoms with Crippen LogP contribution in [-0.4, -0.2) is 33.4 Å². The zero-order valence-corrected chi connectivity index (χ0v) is 19.0. The lowest BCUT2D eigenvalue weighted by atomic mass is 10.2. The molecule has 3 aromatic rings. The summed E-state index contributed by atoms with van der Waals surface area (Å²) in [5.41, 5.74) is 1.29. The third-order valence-corrected chi connectivity index (χ3v) is 6.48. The van der Waals surface area contributed by atoms with Crippen LogP contribution in [0.5, 0.6) is 0 Å². The van der Waals surface area contributed by atoms with Crippen molar-refractivity contribution in [3.63, 3.8) is 0 Å². The maximum Gasteiger partial charge on any atom is 0.365 e. The van der Waals surface area contributed by atoms with Gasteiger partial charge in [0.25, 0.3) is 5.69 Å². The summed E-state index contributed by atoms with van der Waals surface area (Å²) in [7, 11) is 1.19. The first-order valence-corrected chi connectivity index (χ1v) is 10.9. The van der Waals surface area contributed by atoms with Gasteiger partial charge in [-0.2, -0.15) is 0 Å². The van der Waals surface area contributed by atoms with Crippen LogP contribution in [0.25, 0.3) is 5.69 Å². The van der Waals surface area contributed by atoms with Crippen LogP contribution in [-0.2, 0) is 9.53 Å². The smallest absolute Gasteiger partial charge is 0.365 e. The average Bonchev–Trinajstić information content (AvgIpc) is 3.13. The number of carbonyl (C=O) groups excluding carboxylic acids is 2. The monoisotopic (exact) mass is 470 g/mol. The molecule has 9 nitrogen and oxygen atoms in total. The fourth-order valence-electron chi connectivity index (χ4n) is 2.81. The molecule has 0 aliphatic heterocycles. The van der Waals surface area contributed by atoms with E-state index in [-0.39, 0.29) is 21.4 Å². The van der Waals surface area contributed by atoms with E-state index in [4.69, 9.17) is 4.74 Å². The van der Waals surface area contributed by atoms with Gasteiger partial charge >= 0.3 is 5.97 Å². The van der Waals surface area contributed by atoms with Crippen molar-refractivity contribution in [3.8, 4) is 5.69 Å². The number of aromatic nitrogens is 1. The molecular formula is C21H18N4O5S2. The SMILES string of the molecule is COC(=O)C(=NN=c1sc(C(C)=O)c(C)n1-c1ccccc1)Sc1ccccc1[N+](=O)[O-]. The second kappa shape index (κ2) is 10.2. The Labute approximate surface area is 191 Å². The molecule has 164 valence electrons. The zero-order chi connectivity index (χ0) is 23.3. The number of methoxy groups -OCH3 is 1.